The van der Waals surface area contributed by atoms with Gasteiger partial charge in [-0.25, -0.2) is 4.39 Å². The lowest BCUT2D eigenvalue weighted by atomic mass is 9.89. The van der Waals surface area contributed by atoms with Gasteiger partial charge in [0.2, 0.25) is 0 Å². The molecule has 0 fully saturated rings. The Morgan fingerprint density at radius 2 is 1.84 bits per heavy atom. The van der Waals surface area contributed by atoms with E-state index in [0.717, 1.165) is 24.9 Å². The standard InChI is InChI=1S/C17H28FN/c1-5-10-19-17(11-14(6-2)7-3)16-12-15(18)9-8-13(16)4/h8-9,12,14,17,19H,5-7,10-11H2,1-4H3. The van der Waals surface area contributed by atoms with Crippen LogP contribution >= 0.6 is 0 Å². The normalized spacial score (nSPS) is 12.9. The van der Waals surface area contributed by atoms with Crippen molar-refractivity contribution >= 4 is 0 Å². The minimum absolute atomic E-state index is 0.131. The van der Waals surface area contributed by atoms with Crippen molar-refractivity contribution in [3.8, 4) is 0 Å². The molecule has 0 spiro atoms. The van der Waals surface area contributed by atoms with E-state index in [-0.39, 0.29) is 11.9 Å². The Bertz CT molecular complexity index is 372. The first kappa shape index (κ1) is 16.2. The summed E-state index contributed by atoms with van der Waals surface area (Å²) in [6.45, 7) is 9.70. The Labute approximate surface area is 117 Å². The van der Waals surface area contributed by atoms with Gasteiger partial charge in [0.25, 0.3) is 0 Å². The predicted octanol–water partition coefficient (Wildman–Crippen LogP) is 5.00. The zero-order valence-corrected chi connectivity index (χ0v) is 12.8. The summed E-state index contributed by atoms with van der Waals surface area (Å²) in [5, 5.41) is 3.59. The summed E-state index contributed by atoms with van der Waals surface area (Å²) in [6, 6.07) is 5.41. The van der Waals surface area contributed by atoms with E-state index < -0.39 is 0 Å². The number of aryl methyl sites for hydroxylation is 1. The van der Waals surface area contributed by atoms with Crippen LogP contribution in [0.2, 0.25) is 0 Å². The first-order valence-electron chi connectivity index (χ1n) is 7.61. The molecule has 0 saturated heterocycles. The first-order valence-corrected chi connectivity index (χ1v) is 7.61. The Kier molecular flexibility index (Phi) is 7.07. The number of hydrogen-bond donors (Lipinski definition) is 1. The highest BCUT2D eigenvalue weighted by Crippen LogP contribution is 2.28. The zero-order chi connectivity index (χ0) is 14.3. The summed E-state index contributed by atoms with van der Waals surface area (Å²) in [5.74, 6) is 0.575. The fourth-order valence-electron chi connectivity index (χ4n) is 2.58. The van der Waals surface area contributed by atoms with E-state index in [9.17, 15) is 4.39 Å². The molecule has 1 atom stereocenters. The molecular weight excluding hydrogens is 237 g/mol. The molecule has 1 N–H and O–H groups in total. The number of hydrogen-bond acceptors (Lipinski definition) is 1. The molecule has 0 amide bonds. The van der Waals surface area contributed by atoms with Crippen molar-refractivity contribution < 1.29 is 4.39 Å². The largest absolute Gasteiger partial charge is 0.310 e. The second-order valence-electron chi connectivity index (χ2n) is 5.43. The fourth-order valence-corrected chi connectivity index (χ4v) is 2.58. The van der Waals surface area contributed by atoms with Crippen molar-refractivity contribution in [2.24, 2.45) is 5.92 Å². The minimum Gasteiger partial charge on any atom is -0.310 e. The molecule has 0 aliphatic carbocycles. The average molecular weight is 265 g/mol. The summed E-state index contributed by atoms with van der Waals surface area (Å²) in [4.78, 5) is 0. The summed E-state index contributed by atoms with van der Waals surface area (Å²) < 4.78 is 13.5. The lowest BCUT2D eigenvalue weighted by Crippen LogP contribution is -2.25. The van der Waals surface area contributed by atoms with E-state index in [0.29, 0.717) is 5.92 Å². The van der Waals surface area contributed by atoms with Crippen LogP contribution in [0, 0.1) is 18.7 Å². The maximum atomic E-state index is 13.5. The minimum atomic E-state index is -0.131. The molecule has 1 aromatic rings. The number of nitrogens with one attached hydrogen (secondary N) is 1. The SMILES string of the molecule is CCCNC(CC(CC)CC)c1cc(F)ccc1C. The quantitative estimate of drug-likeness (QED) is 0.697. The molecule has 0 heterocycles. The van der Waals surface area contributed by atoms with Crippen LogP contribution in [0.4, 0.5) is 4.39 Å². The van der Waals surface area contributed by atoms with Gasteiger partial charge in [-0.1, -0.05) is 39.7 Å². The van der Waals surface area contributed by atoms with Gasteiger partial charge < -0.3 is 5.32 Å². The molecule has 0 aromatic heterocycles. The van der Waals surface area contributed by atoms with Crippen LogP contribution in [0.1, 0.15) is 63.6 Å². The van der Waals surface area contributed by atoms with Gasteiger partial charge in [0, 0.05) is 6.04 Å². The smallest absolute Gasteiger partial charge is 0.123 e. The van der Waals surface area contributed by atoms with Gasteiger partial charge in [-0.2, -0.15) is 0 Å². The van der Waals surface area contributed by atoms with Crippen LogP contribution in [0.5, 0.6) is 0 Å². The number of halogens is 1. The summed E-state index contributed by atoms with van der Waals surface area (Å²) in [6.07, 6.45) is 4.58. The molecule has 1 nitrogen and oxygen atoms in total. The third-order valence-corrected chi connectivity index (χ3v) is 3.98. The molecule has 0 bridgehead atoms. The van der Waals surface area contributed by atoms with Gasteiger partial charge in [0.1, 0.15) is 5.82 Å². The lowest BCUT2D eigenvalue weighted by Gasteiger charge is -2.25. The van der Waals surface area contributed by atoms with Crippen molar-refractivity contribution in [1.82, 2.24) is 5.32 Å². The molecule has 0 saturated carbocycles. The molecule has 1 unspecified atom stereocenters. The summed E-state index contributed by atoms with van der Waals surface area (Å²) >= 11 is 0. The fraction of sp³-hybridized carbons (Fsp3) is 0.647. The molecular formula is C17H28FN. The highest BCUT2D eigenvalue weighted by Gasteiger charge is 2.17. The third-order valence-electron chi connectivity index (χ3n) is 3.98. The molecule has 0 aliphatic heterocycles. The van der Waals surface area contributed by atoms with E-state index >= 15 is 0 Å². The summed E-state index contributed by atoms with van der Waals surface area (Å²) in [5.41, 5.74) is 2.31. The van der Waals surface area contributed by atoms with Crippen molar-refractivity contribution in [3.05, 3.63) is 35.1 Å². The van der Waals surface area contributed by atoms with Gasteiger partial charge in [0.05, 0.1) is 0 Å². The highest BCUT2D eigenvalue weighted by atomic mass is 19.1. The Morgan fingerprint density at radius 1 is 1.16 bits per heavy atom. The van der Waals surface area contributed by atoms with Crippen LogP contribution in [0.15, 0.2) is 18.2 Å². The van der Waals surface area contributed by atoms with E-state index in [1.807, 2.05) is 6.07 Å². The van der Waals surface area contributed by atoms with Crippen molar-refractivity contribution in [2.45, 2.75) is 59.4 Å². The maximum absolute atomic E-state index is 13.5. The Morgan fingerprint density at radius 3 is 2.42 bits per heavy atom. The lowest BCUT2D eigenvalue weighted by molar-refractivity contribution is 0.370. The van der Waals surface area contributed by atoms with E-state index in [1.165, 1.54) is 18.4 Å². The Hall–Kier alpha value is -0.890. The van der Waals surface area contributed by atoms with Crippen LogP contribution in [0.3, 0.4) is 0 Å². The van der Waals surface area contributed by atoms with Gasteiger partial charge in [-0.3, -0.25) is 0 Å². The van der Waals surface area contributed by atoms with Crippen molar-refractivity contribution in [2.75, 3.05) is 6.54 Å². The molecule has 0 aliphatic rings. The van der Waals surface area contributed by atoms with Crippen molar-refractivity contribution in [1.29, 1.82) is 0 Å². The molecule has 108 valence electrons. The van der Waals surface area contributed by atoms with Crippen LogP contribution in [-0.4, -0.2) is 6.54 Å². The van der Waals surface area contributed by atoms with Crippen molar-refractivity contribution in [3.63, 3.8) is 0 Å². The summed E-state index contributed by atoms with van der Waals surface area (Å²) in [7, 11) is 0. The molecule has 0 radical (unpaired) electrons. The highest BCUT2D eigenvalue weighted by molar-refractivity contribution is 5.29. The average Bonchev–Trinajstić information content (AvgIpc) is 2.42. The number of benzene rings is 1. The van der Waals surface area contributed by atoms with Crippen LogP contribution in [0.25, 0.3) is 0 Å². The van der Waals surface area contributed by atoms with Gasteiger partial charge in [-0.05, 0) is 55.5 Å². The third kappa shape index (κ3) is 4.94. The van der Waals surface area contributed by atoms with E-state index in [2.05, 4.69) is 33.0 Å². The second kappa shape index (κ2) is 8.31. The monoisotopic (exact) mass is 265 g/mol. The molecule has 1 rings (SSSR count). The van der Waals surface area contributed by atoms with Gasteiger partial charge >= 0.3 is 0 Å². The molecule has 19 heavy (non-hydrogen) atoms. The first-order chi connectivity index (χ1) is 9.12. The maximum Gasteiger partial charge on any atom is 0.123 e. The van der Waals surface area contributed by atoms with Crippen LogP contribution in [-0.2, 0) is 0 Å². The van der Waals surface area contributed by atoms with Crippen LogP contribution < -0.4 is 5.32 Å². The molecule has 2 heteroatoms. The Balaban J connectivity index is 2.91. The second-order valence-corrected chi connectivity index (χ2v) is 5.43. The zero-order valence-electron chi connectivity index (χ0n) is 12.8. The van der Waals surface area contributed by atoms with Gasteiger partial charge in [0.15, 0.2) is 0 Å². The molecule has 1 aromatic carbocycles. The van der Waals surface area contributed by atoms with Gasteiger partial charge in [-0.15, -0.1) is 0 Å². The van der Waals surface area contributed by atoms with E-state index in [1.54, 1.807) is 12.1 Å². The van der Waals surface area contributed by atoms with E-state index in [4.69, 9.17) is 0 Å². The predicted molar refractivity (Wildman–Crippen MR) is 80.9 cm³/mol. The topological polar surface area (TPSA) is 12.0 Å². The number of rotatable bonds is 8.